The van der Waals surface area contributed by atoms with Crippen LogP contribution in [0.25, 0.3) is 11.0 Å². The molecule has 0 unspecified atom stereocenters. The van der Waals surface area contributed by atoms with Crippen LogP contribution in [-0.2, 0) is 32.6 Å². The number of hydrogen-bond acceptors (Lipinski definition) is 6. The second-order valence-electron chi connectivity index (χ2n) is 8.84. The number of esters is 1. The van der Waals surface area contributed by atoms with Gasteiger partial charge in [0.1, 0.15) is 5.82 Å². The van der Waals surface area contributed by atoms with Gasteiger partial charge in [0.05, 0.1) is 36.0 Å². The van der Waals surface area contributed by atoms with Crippen LogP contribution >= 0.6 is 0 Å². The number of carbonyl (C=O) groups excluding carboxylic acids is 1. The van der Waals surface area contributed by atoms with Crippen LogP contribution in [0.15, 0.2) is 23.1 Å². The zero-order chi connectivity index (χ0) is 23.3. The van der Waals surface area contributed by atoms with Gasteiger partial charge in [0.2, 0.25) is 10.0 Å². The Labute approximate surface area is 191 Å². The molecule has 0 saturated carbocycles. The minimum Gasteiger partial charge on any atom is -0.469 e. The number of imidazole rings is 1. The summed E-state index contributed by atoms with van der Waals surface area (Å²) in [5, 5.41) is 0. The smallest absolute Gasteiger partial charge is 0.306 e. The van der Waals surface area contributed by atoms with E-state index in [1.165, 1.54) is 7.11 Å². The maximum absolute atomic E-state index is 13.1. The Balaban J connectivity index is 1.89. The fourth-order valence-corrected chi connectivity index (χ4v) is 5.89. The zero-order valence-corrected chi connectivity index (χ0v) is 20.5. The number of methoxy groups -OCH3 is 1. The summed E-state index contributed by atoms with van der Waals surface area (Å²) >= 11 is 0. The lowest BCUT2D eigenvalue weighted by molar-refractivity contribution is -0.141. The quantitative estimate of drug-likeness (QED) is 0.502. The molecular formula is C23H36N4O4S. The largest absolute Gasteiger partial charge is 0.469 e. The van der Waals surface area contributed by atoms with Crippen LogP contribution in [0.5, 0.6) is 0 Å². The van der Waals surface area contributed by atoms with Crippen LogP contribution in [-0.4, -0.2) is 66.4 Å². The molecule has 1 aliphatic heterocycles. The third-order valence-electron chi connectivity index (χ3n) is 5.92. The summed E-state index contributed by atoms with van der Waals surface area (Å²) in [6, 6.07) is 5.27. The lowest BCUT2D eigenvalue weighted by Gasteiger charge is -2.25. The Kier molecular flexibility index (Phi) is 8.30. The number of hydrogen-bond donors (Lipinski definition) is 0. The SMILES string of the molecule is CCn1c(CN(CCC(=O)OC)CC(C)C)nc2cc(S(=O)(=O)N3CCCCC3)ccc21. The first-order valence-corrected chi connectivity index (χ1v) is 13.0. The minimum atomic E-state index is -3.50. The average molecular weight is 465 g/mol. The van der Waals surface area contributed by atoms with Crippen molar-refractivity contribution in [2.45, 2.75) is 64.4 Å². The molecule has 8 nitrogen and oxygen atoms in total. The molecule has 32 heavy (non-hydrogen) atoms. The van der Waals surface area contributed by atoms with Crippen LogP contribution in [0.2, 0.25) is 0 Å². The summed E-state index contributed by atoms with van der Waals surface area (Å²) < 4.78 is 34.7. The van der Waals surface area contributed by atoms with Crippen molar-refractivity contribution in [2.24, 2.45) is 5.92 Å². The molecule has 9 heteroatoms. The van der Waals surface area contributed by atoms with Gasteiger partial charge in [0, 0.05) is 32.7 Å². The fraction of sp³-hybridized carbons (Fsp3) is 0.652. The fourth-order valence-electron chi connectivity index (χ4n) is 4.35. The number of fused-ring (bicyclic) bond motifs is 1. The predicted octanol–water partition coefficient (Wildman–Crippen LogP) is 3.25. The van der Waals surface area contributed by atoms with Gasteiger partial charge in [0.15, 0.2) is 0 Å². The van der Waals surface area contributed by atoms with Gasteiger partial charge >= 0.3 is 5.97 Å². The molecule has 1 fully saturated rings. The van der Waals surface area contributed by atoms with Crippen molar-refractivity contribution in [2.75, 3.05) is 33.3 Å². The Morgan fingerprint density at radius 2 is 1.94 bits per heavy atom. The molecule has 178 valence electrons. The minimum absolute atomic E-state index is 0.227. The highest BCUT2D eigenvalue weighted by Crippen LogP contribution is 2.25. The van der Waals surface area contributed by atoms with Crippen LogP contribution in [0.3, 0.4) is 0 Å². The van der Waals surface area contributed by atoms with Crippen LogP contribution in [0.4, 0.5) is 0 Å². The molecule has 1 aliphatic rings. The van der Waals surface area contributed by atoms with E-state index in [-0.39, 0.29) is 5.97 Å². The van der Waals surface area contributed by atoms with Gasteiger partial charge in [-0.3, -0.25) is 9.69 Å². The van der Waals surface area contributed by atoms with Gasteiger partial charge in [0.25, 0.3) is 0 Å². The molecule has 1 aromatic carbocycles. The normalized spacial score (nSPS) is 15.7. The van der Waals surface area contributed by atoms with E-state index in [4.69, 9.17) is 9.72 Å². The standard InChI is InChI=1S/C23H36N4O4S/c1-5-27-21-10-9-19(32(29,30)26-12-7-6-8-13-26)15-20(21)24-22(27)17-25(16-18(2)3)14-11-23(28)31-4/h9-10,15,18H,5-8,11-14,16-17H2,1-4H3. The lowest BCUT2D eigenvalue weighted by atomic mass is 10.2. The first kappa shape index (κ1) is 24.7. The van der Waals surface area contributed by atoms with Crippen molar-refractivity contribution < 1.29 is 17.9 Å². The predicted molar refractivity (Wildman–Crippen MR) is 125 cm³/mol. The molecule has 0 radical (unpaired) electrons. The summed E-state index contributed by atoms with van der Waals surface area (Å²) in [5.74, 6) is 1.09. The van der Waals surface area contributed by atoms with Gasteiger partial charge in [-0.15, -0.1) is 0 Å². The number of benzene rings is 1. The van der Waals surface area contributed by atoms with E-state index in [1.54, 1.807) is 16.4 Å². The maximum Gasteiger partial charge on any atom is 0.306 e. The molecule has 1 saturated heterocycles. The molecular weight excluding hydrogens is 428 g/mol. The van der Waals surface area contributed by atoms with Crippen molar-refractivity contribution in [3.8, 4) is 0 Å². The third kappa shape index (κ3) is 5.68. The third-order valence-corrected chi connectivity index (χ3v) is 7.81. The highest BCUT2D eigenvalue weighted by atomic mass is 32.2. The van der Waals surface area contributed by atoms with Crippen molar-refractivity contribution in [3.05, 3.63) is 24.0 Å². The van der Waals surface area contributed by atoms with Gasteiger partial charge in [-0.25, -0.2) is 13.4 Å². The molecule has 0 amide bonds. The van der Waals surface area contributed by atoms with Crippen molar-refractivity contribution in [1.29, 1.82) is 0 Å². The van der Waals surface area contributed by atoms with E-state index < -0.39 is 10.0 Å². The number of carbonyl (C=O) groups is 1. The number of piperidine rings is 1. The first-order chi connectivity index (χ1) is 15.3. The Morgan fingerprint density at radius 3 is 2.56 bits per heavy atom. The lowest BCUT2D eigenvalue weighted by Crippen LogP contribution is -2.35. The van der Waals surface area contributed by atoms with Crippen LogP contribution in [0, 0.1) is 5.92 Å². The Bertz CT molecular complexity index is 1030. The average Bonchev–Trinajstić information content (AvgIpc) is 3.13. The van der Waals surface area contributed by atoms with Gasteiger partial charge < -0.3 is 9.30 Å². The molecule has 0 bridgehead atoms. The second kappa shape index (κ2) is 10.8. The molecule has 0 aliphatic carbocycles. The number of sulfonamides is 1. The van der Waals surface area contributed by atoms with Crippen molar-refractivity contribution in [3.63, 3.8) is 0 Å². The molecule has 2 aromatic rings. The molecule has 1 aromatic heterocycles. The van der Waals surface area contributed by atoms with E-state index in [0.717, 1.165) is 43.7 Å². The molecule has 0 spiro atoms. The highest BCUT2D eigenvalue weighted by molar-refractivity contribution is 7.89. The van der Waals surface area contributed by atoms with E-state index in [2.05, 4.69) is 30.2 Å². The number of aromatic nitrogens is 2. The van der Waals surface area contributed by atoms with E-state index in [0.29, 0.717) is 48.9 Å². The Hall–Kier alpha value is -1.97. The number of ether oxygens (including phenoxy) is 1. The zero-order valence-electron chi connectivity index (χ0n) is 19.7. The molecule has 0 atom stereocenters. The van der Waals surface area contributed by atoms with E-state index in [9.17, 15) is 13.2 Å². The van der Waals surface area contributed by atoms with Gasteiger partial charge in [-0.2, -0.15) is 4.31 Å². The Morgan fingerprint density at radius 1 is 1.22 bits per heavy atom. The summed E-state index contributed by atoms with van der Waals surface area (Å²) in [4.78, 5) is 19.0. The van der Waals surface area contributed by atoms with Crippen molar-refractivity contribution >= 4 is 27.0 Å². The number of nitrogens with zero attached hydrogens (tertiary/aromatic N) is 4. The second-order valence-corrected chi connectivity index (χ2v) is 10.8. The topological polar surface area (TPSA) is 84.7 Å². The number of rotatable bonds is 10. The van der Waals surface area contributed by atoms with E-state index >= 15 is 0 Å². The van der Waals surface area contributed by atoms with Gasteiger partial charge in [-0.1, -0.05) is 20.3 Å². The number of aryl methyl sites for hydroxylation is 1. The first-order valence-electron chi connectivity index (χ1n) is 11.5. The van der Waals surface area contributed by atoms with Crippen LogP contribution in [0.1, 0.15) is 52.3 Å². The van der Waals surface area contributed by atoms with Gasteiger partial charge in [-0.05, 0) is 43.9 Å². The molecule has 0 N–H and O–H groups in total. The summed E-state index contributed by atoms with van der Waals surface area (Å²) in [6.07, 6.45) is 3.23. The summed E-state index contributed by atoms with van der Waals surface area (Å²) in [7, 11) is -2.10. The molecule has 3 rings (SSSR count). The monoisotopic (exact) mass is 464 g/mol. The summed E-state index contributed by atoms with van der Waals surface area (Å²) in [5.41, 5.74) is 1.62. The molecule has 2 heterocycles. The maximum atomic E-state index is 13.1. The van der Waals surface area contributed by atoms with Crippen molar-refractivity contribution in [1.82, 2.24) is 18.8 Å². The summed E-state index contributed by atoms with van der Waals surface area (Å²) in [6.45, 7) is 10.3. The van der Waals surface area contributed by atoms with Crippen LogP contribution < -0.4 is 0 Å². The highest BCUT2D eigenvalue weighted by Gasteiger charge is 2.27. The van der Waals surface area contributed by atoms with E-state index in [1.807, 2.05) is 6.07 Å².